The van der Waals surface area contributed by atoms with E-state index in [1.807, 2.05) is 25.1 Å². The zero-order valence-electron chi connectivity index (χ0n) is 19.3. The average Bonchev–Trinajstić information content (AvgIpc) is 3.24. The summed E-state index contributed by atoms with van der Waals surface area (Å²) < 4.78 is 5.86. The van der Waals surface area contributed by atoms with Gasteiger partial charge in [0, 0.05) is 5.92 Å². The fourth-order valence-corrected chi connectivity index (χ4v) is 7.32. The quantitative estimate of drug-likeness (QED) is 0.546. The molecule has 1 aromatic rings. The minimum Gasteiger partial charge on any atom is -0.451 e. The summed E-state index contributed by atoms with van der Waals surface area (Å²) in [4.78, 5) is 27.2. The maximum Gasteiger partial charge on any atom is 0.338 e. The number of allylic oxidation sites excluding steroid dienone is 1. The summed E-state index contributed by atoms with van der Waals surface area (Å²) in [6, 6.07) is 8.59. The summed E-state index contributed by atoms with van der Waals surface area (Å²) in [7, 11) is 0. The molecule has 0 saturated heterocycles. The van der Waals surface area contributed by atoms with Crippen LogP contribution in [-0.2, 0) is 9.53 Å². The average molecular weight is 437 g/mol. The number of Topliss-reactive ketones (excluding diaryl/α,β-unsaturated/α-hetero) is 1. The number of carbonyl (C=O) groups is 2. The van der Waals surface area contributed by atoms with Crippen LogP contribution in [0.25, 0.3) is 0 Å². The van der Waals surface area contributed by atoms with Crippen LogP contribution in [0.3, 0.4) is 0 Å². The number of rotatable bonds is 2. The van der Waals surface area contributed by atoms with Crippen LogP contribution in [-0.4, -0.2) is 39.8 Å². The Morgan fingerprint density at radius 1 is 1.12 bits per heavy atom. The molecule has 0 aliphatic heterocycles. The van der Waals surface area contributed by atoms with Crippen molar-refractivity contribution in [3.05, 3.63) is 59.2 Å². The summed E-state index contributed by atoms with van der Waals surface area (Å²) in [5.41, 5.74) is -1.67. The molecule has 170 valence electrons. The second kappa shape index (κ2) is 6.64. The van der Waals surface area contributed by atoms with Crippen molar-refractivity contribution < 1.29 is 24.5 Å². The Balaban J connectivity index is 1.63. The molecule has 5 heteroatoms. The lowest BCUT2D eigenvalue weighted by molar-refractivity contribution is -0.189. The summed E-state index contributed by atoms with van der Waals surface area (Å²) in [6.07, 6.45) is 2.03. The van der Waals surface area contributed by atoms with Crippen LogP contribution >= 0.6 is 0 Å². The minimum absolute atomic E-state index is 0.0525. The zero-order valence-corrected chi connectivity index (χ0v) is 19.3. The van der Waals surface area contributed by atoms with Gasteiger partial charge in [-0.1, -0.05) is 51.1 Å². The van der Waals surface area contributed by atoms with Crippen molar-refractivity contribution >= 4 is 11.8 Å². The lowest BCUT2D eigenvalue weighted by atomic mass is 9.59. The van der Waals surface area contributed by atoms with Gasteiger partial charge in [-0.25, -0.2) is 4.79 Å². The lowest BCUT2D eigenvalue weighted by Crippen LogP contribution is -2.65. The zero-order chi connectivity index (χ0) is 23.2. The molecule has 0 radical (unpaired) electrons. The first-order valence-corrected chi connectivity index (χ1v) is 11.6. The molecule has 0 amide bonds. The number of ketones is 1. The predicted octanol–water partition coefficient (Wildman–Crippen LogP) is 3.71. The standard InChI is InChI=1S/C27H32O5/c1-14-11-18-20-19(25(20,4)5)12-16(3)26(22(18)29)13-15(2)23(27(26,31)21(14)28)32-24(30)17-9-7-6-8-10-17/h6-11,13,16,18-21,23,28,31H,12H2,1-5H3. The van der Waals surface area contributed by atoms with Gasteiger partial charge in [-0.15, -0.1) is 0 Å². The van der Waals surface area contributed by atoms with E-state index in [0.29, 0.717) is 22.6 Å². The van der Waals surface area contributed by atoms with Gasteiger partial charge in [0.05, 0.1) is 11.0 Å². The van der Waals surface area contributed by atoms with Crippen LogP contribution in [0.1, 0.15) is 51.4 Å². The molecular weight excluding hydrogens is 404 g/mol. The molecular formula is C27H32O5. The highest BCUT2D eigenvalue weighted by Crippen LogP contribution is 2.71. The van der Waals surface area contributed by atoms with E-state index < -0.39 is 29.2 Å². The SMILES string of the molecule is CC1=CC2C(=O)C3(C=C(C)C(OC(=O)c4ccccc4)C3(O)C1O)C(C)CC1C2C1(C)C. The van der Waals surface area contributed by atoms with E-state index in [4.69, 9.17) is 4.74 Å². The highest BCUT2D eigenvalue weighted by Gasteiger charge is 2.76. The molecule has 2 saturated carbocycles. The summed E-state index contributed by atoms with van der Waals surface area (Å²) >= 11 is 0. The number of hydrogen-bond donors (Lipinski definition) is 2. The van der Waals surface area contributed by atoms with Gasteiger partial charge in [0.25, 0.3) is 0 Å². The van der Waals surface area contributed by atoms with Crippen molar-refractivity contribution in [3.8, 4) is 0 Å². The predicted molar refractivity (Wildman–Crippen MR) is 120 cm³/mol. The molecule has 2 bridgehead atoms. The molecule has 4 aliphatic carbocycles. The Hall–Kier alpha value is -2.24. The van der Waals surface area contributed by atoms with E-state index >= 15 is 0 Å². The van der Waals surface area contributed by atoms with Crippen molar-refractivity contribution in [1.82, 2.24) is 0 Å². The van der Waals surface area contributed by atoms with E-state index in [0.717, 1.165) is 6.42 Å². The number of esters is 1. The van der Waals surface area contributed by atoms with Gasteiger partial charge in [-0.2, -0.15) is 0 Å². The number of fused-ring (bicyclic) bond motifs is 3. The van der Waals surface area contributed by atoms with Gasteiger partial charge in [0.1, 0.15) is 6.10 Å². The first-order valence-electron chi connectivity index (χ1n) is 11.6. The van der Waals surface area contributed by atoms with Gasteiger partial charge in [0.2, 0.25) is 0 Å². The van der Waals surface area contributed by atoms with Gasteiger partial charge in [0.15, 0.2) is 17.5 Å². The van der Waals surface area contributed by atoms with Crippen LogP contribution in [0.4, 0.5) is 0 Å². The molecule has 8 unspecified atom stereocenters. The van der Waals surface area contributed by atoms with Crippen molar-refractivity contribution in [3.63, 3.8) is 0 Å². The maximum absolute atomic E-state index is 14.2. The Morgan fingerprint density at radius 2 is 1.78 bits per heavy atom. The summed E-state index contributed by atoms with van der Waals surface area (Å²) in [5, 5.41) is 23.8. The van der Waals surface area contributed by atoms with Crippen LogP contribution in [0.2, 0.25) is 0 Å². The van der Waals surface area contributed by atoms with Crippen molar-refractivity contribution in [2.75, 3.05) is 0 Å². The molecule has 0 aromatic heterocycles. The van der Waals surface area contributed by atoms with Gasteiger partial charge in [-0.3, -0.25) is 4.79 Å². The van der Waals surface area contributed by atoms with Crippen molar-refractivity contribution in [2.24, 2.45) is 34.5 Å². The van der Waals surface area contributed by atoms with E-state index in [-0.39, 0.29) is 29.0 Å². The number of hydrogen-bond acceptors (Lipinski definition) is 5. The van der Waals surface area contributed by atoms with Gasteiger partial charge >= 0.3 is 5.97 Å². The molecule has 2 N–H and O–H groups in total. The minimum atomic E-state index is -1.95. The van der Waals surface area contributed by atoms with E-state index in [9.17, 15) is 19.8 Å². The smallest absolute Gasteiger partial charge is 0.338 e. The number of carbonyl (C=O) groups excluding carboxylic acids is 2. The Morgan fingerprint density at radius 3 is 2.44 bits per heavy atom. The highest BCUT2D eigenvalue weighted by atomic mass is 16.6. The second-order valence-corrected chi connectivity index (χ2v) is 11.0. The number of benzene rings is 1. The fourth-order valence-electron chi connectivity index (χ4n) is 7.32. The van der Waals surface area contributed by atoms with Crippen molar-refractivity contribution in [1.29, 1.82) is 0 Å². The maximum atomic E-state index is 14.2. The monoisotopic (exact) mass is 436 g/mol. The second-order valence-electron chi connectivity index (χ2n) is 11.0. The highest BCUT2D eigenvalue weighted by molar-refractivity contribution is 5.96. The molecule has 0 heterocycles. The molecule has 5 rings (SSSR count). The summed E-state index contributed by atoms with van der Waals surface area (Å²) in [6.45, 7) is 9.95. The lowest BCUT2D eigenvalue weighted by Gasteiger charge is -2.48. The van der Waals surface area contributed by atoms with Crippen LogP contribution < -0.4 is 0 Å². The molecule has 2 fully saturated rings. The number of ether oxygens (including phenoxy) is 1. The number of aliphatic hydroxyl groups excluding tert-OH is 1. The van der Waals surface area contributed by atoms with E-state index in [2.05, 4.69) is 13.8 Å². The van der Waals surface area contributed by atoms with Crippen LogP contribution in [0.15, 0.2) is 53.6 Å². The third kappa shape index (κ3) is 2.47. The molecule has 1 spiro atoms. The van der Waals surface area contributed by atoms with Crippen molar-refractivity contribution in [2.45, 2.75) is 58.8 Å². The molecule has 32 heavy (non-hydrogen) atoms. The first-order chi connectivity index (χ1) is 15.0. The molecule has 4 aliphatic rings. The Bertz CT molecular complexity index is 1050. The molecule has 5 nitrogen and oxygen atoms in total. The normalized spacial score (nSPS) is 43.8. The third-order valence-corrected chi connectivity index (χ3v) is 9.08. The topological polar surface area (TPSA) is 83.8 Å². The van der Waals surface area contributed by atoms with Gasteiger partial charge in [-0.05, 0) is 66.7 Å². The largest absolute Gasteiger partial charge is 0.451 e. The molecule has 1 aromatic carbocycles. The van der Waals surface area contributed by atoms with Crippen LogP contribution in [0, 0.1) is 34.5 Å². The van der Waals surface area contributed by atoms with E-state index in [1.165, 1.54) is 0 Å². The molecule has 8 atom stereocenters. The Kier molecular flexibility index (Phi) is 4.48. The first kappa shape index (κ1) is 21.6. The summed E-state index contributed by atoms with van der Waals surface area (Å²) in [5.74, 6) is -0.630. The van der Waals surface area contributed by atoms with Gasteiger partial charge < -0.3 is 14.9 Å². The fraction of sp³-hybridized carbons (Fsp3) is 0.556. The van der Waals surface area contributed by atoms with E-state index in [1.54, 1.807) is 38.1 Å². The van der Waals surface area contributed by atoms with Crippen LogP contribution in [0.5, 0.6) is 0 Å². The third-order valence-electron chi connectivity index (χ3n) is 9.08. The Labute approximate surface area is 189 Å². The number of aliphatic hydroxyl groups is 2.